The predicted molar refractivity (Wildman–Crippen MR) is 103 cm³/mol. The number of nitrogens with one attached hydrogen (secondary N) is 2. The number of morpholine rings is 1. The van der Waals surface area contributed by atoms with Crippen molar-refractivity contribution >= 4 is 28.1 Å². The third kappa shape index (κ3) is 6.44. The molecule has 0 saturated carbocycles. The fraction of sp³-hybridized carbons (Fsp3) is 0.444. The summed E-state index contributed by atoms with van der Waals surface area (Å²) in [5, 5.41) is 4.04. The van der Waals surface area contributed by atoms with Crippen LogP contribution in [0.4, 0.5) is 0 Å². The van der Waals surface area contributed by atoms with E-state index in [2.05, 4.69) is 33.0 Å². The van der Waals surface area contributed by atoms with Gasteiger partial charge in [-0.15, -0.1) is 0 Å². The average Bonchev–Trinajstić information content (AvgIpc) is 2.62. The predicted octanol–water partition coefficient (Wildman–Crippen LogP) is 0.778. The van der Waals surface area contributed by atoms with Crippen LogP contribution in [0.5, 0.6) is 11.5 Å². The summed E-state index contributed by atoms with van der Waals surface area (Å²) in [5.74, 6) is 1.10. The van der Waals surface area contributed by atoms with Crippen molar-refractivity contribution in [2.75, 3.05) is 46.1 Å². The monoisotopic (exact) mass is 426 g/mol. The molecule has 1 aliphatic rings. The molecule has 0 unspecified atom stereocenters. The molecule has 142 valence electrons. The normalized spacial score (nSPS) is 15.0. The molecule has 7 nitrogen and oxygen atoms in total. The van der Waals surface area contributed by atoms with Crippen LogP contribution >= 0.6 is 15.9 Å². The molecule has 1 aliphatic heterocycles. The van der Waals surface area contributed by atoms with Gasteiger partial charge in [-0.25, -0.2) is 5.43 Å². The van der Waals surface area contributed by atoms with Crippen LogP contribution in [0, 0.1) is 0 Å². The molecule has 0 bridgehead atoms. The number of carbonyl (C=O) groups is 1. The number of amides is 1. The van der Waals surface area contributed by atoms with Gasteiger partial charge in [-0.3, -0.25) is 4.79 Å². The zero-order valence-corrected chi connectivity index (χ0v) is 16.5. The molecule has 1 saturated heterocycles. The summed E-state index contributed by atoms with van der Waals surface area (Å²) in [6, 6.07) is 3.67. The number of hydrogen-bond acceptors (Lipinski definition) is 5. The second-order valence-corrected chi connectivity index (χ2v) is 6.55. The van der Waals surface area contributed by atoms with Gasteiger partial charge < -0.3 is 19.1 Å². The first kappa shape index (κ1) is 20.4. The minimum atomic E-state index is -0.117. The van der Waals surface area contributed by atoms with Crippen molar-refractivity contribution in [1.29, 1.82) is 0 Å². The standard InChI is InChI=1S/C18H24BrN3O4/c1-3-7-26-18-15(19)10-14(11-16(18)25-4-2)12-20-21-17(23)13-22-5-8-24-9-6-22/h3,10-12H,1,4-9,13H2,2H3,(H,21,23)/p+1/b20-12-. The first-order chi connectivity index (χ1) is 12.6. The number of carbonyl (C=O) groups excluding carboxylic acids is 1. The van der Waals surface area contributed by atoms with Crippen LogP contribution in [-0.2, 0) is 9.53 Å². The number of halogens is 1. The zero-order chi connectivity index (χ0) is 18.8. The van der Waals surface area contributed by atoms with E-state index in [9.17, 15) is 4.79 Å². The Labute approximate surface area is 162 Å². The Kier molecular flexibility index (Phi) is 8.60. The van der Waals surface area contributed by atoms with Gasteiger partial charge in [0.25, 0.3) is 5.91 Å². The number of quaternary nitrogens is 1. The third-order valence-electron chi connectivity index (χ3n) is 3.69. The Morgan fingerprint density at radius 2 is 2.19 bits per heavy atom. The van der Waals surface area contributed by atoms with Crippen molar-refractivity contribution < 1.29 is 23.9 Å². The van der Waals surface area contributed by atoms with Crippen LogP contribution in [0.2, 0.25) is 0 Å². The summed E-state index contributed by atoms with van der Waals surface area (Å²) < 4.78 is 17.3. The summed E-state index contributed by atoms with van der Waals surface area (Å²) in [5.41, 5.74) is 3.35. The zero-order valence-electron chi connectivity index (χ0n) is 14.9. The summed E-state index contributed by atoms with van der Waals surface area (Å²) in [7, 11) is 0. The number of rotatable bonds is 9. The highest BCUT2D eigenvalue weighted by atomic mass is 79.9. The Morgan fingerprint density at radius 1 is 1.42 bits per heavy atom. The highest BCUT2D eigenvalue weighted by Crippen LogP contribution is 2.36. The number of benzene rings is 1. The van der Waals surface area contributed by atoms with E-state index < -0.39 is 0 Å². The molecule has 2 rings (SSSR count). The molecule has 2 N–H and O–H groups in total. The minimum Gasteiger partial charge on any atom is -0.490 e. The molecule has 1 heterocycles. The quantitative estimate of drug-likeness (QED) is 0.347. The second kappa shape index (κ2) is 10.9. The molecule has 26 heavy (non-hydrogen) atoms. The molecule has 1 fully saturated rings. The minimum absolute atomic E-state index is 0.117. The summed E-state index contributed by atoms with van der Waals surface area (Å²) >= 11 is 3.48. The van der Waals surface area contributed by atoms with E-state index >= 15 is 0 Å². The molecular weight excluding hydrogens is 402 g/mol. The van der Waals surface area contributed by atoms with Crippen LogP contribution in [-0.4, -0.2) is 58.2 Å². The van der Waals surface area contributed by atoms with Gasteiger partial charge in [0.1, 0.15) is 19.7 Å². The summed E-state index contributed by atoms with van der Waals surface area (Å²) in [6.07, 6.45) is 3.25. The topological polar surface area (TPSA) is 73.6 Å². The van der Waals surface area contributed by atoms with Gasteiger partial charge in [-0.1, -0.05) is 12.7 Å². The van der Waals surface area contributed by atoms with E-state index in [1.807, 2.05) is 19.1 Å². The van der Waals surface area contributed by atoms with E-state index in [0.29, 0.717) is 44.5 Å². The van der Waals surface area contributed by atoms with Crippen molar-refractivity contribution in [2.24, 2.45) is 5.10 Å². The van der Waals surface area contributed by atoms with Crippen LogP contribution in [0.3, 0.4) is 0 Å². The lowest BCUT2D eigenvalue weighted by Crippen LogP contribution is -3.15. The molecule has 0 radical (unpaired) electrons. The number of nitrogens with zero attached hydrogens (tertiary/aromatic N) is 1. The van der Waals surface area contributed by atoms with Crippen molar-refractivity contribution in [2.45, 2.75) is 6.92 Å². The van der Waals surface area contributed by atoms with E-state index in [1.54, 1.807) is 12.3 Å². The number of ether oxygens (including phenoxy) is 3. The van der Waals surface area contributed by atoms with Gasteiger partial charge >= 0.3 is 0 Å². The van der Waals surface area contributed by atoms with Crippen LogP contribution in [0.1, 0.15) is 12.5 Å². The van der Waals surface area contributed by atoms with Crippen molar-refractivity contribution in [3.8, 4) is 11.5 Å². The molecule has 8 heteroatoms. The molecule has 1 aromatic rings. The molecular formula is C18H25BrN3O4+. The maximum Gasteiger partial charge on any atom is 0.295 e. The van der Waals surface area contributed by atoms with Gasteiger partial charge in [0.15, 0.2) is 18.0 Å². The molecule has 0 aliphatic carbocycles. The van der Waals surface area contributed by atoms with Crippen molar-refractivity contribution in [3.63, 3.8) is 0 Å². The second-order valence-electron chi connectivity index (χ2n) is 5.70. The van der Waals surface area contributed by atoms with E-state index in [1.165, 1.54) is 4.90 Å². The third-order valence-corrected chi connectivity index (χ3v) is 4.28. The smallest absolute Gasteiger partial charge is 0.295 e. The van der Waals surface area contributed by atoms with Gasteiger partial charge in [-0.05, 0) is 40.5 Å². The number of hydrazone groups is 1. The summed E-state index contributed by atoms with van der Waals surface area (Å²) in [6.45, 7) is 9.90. The van der Waals surface area contributed by atoms with Crippen molar-refractivity contribution in [1.82, 2.24) is 5.43 Å². The van der Waals surface area contributed by atoms with Crippen LogP contribution in [0.25, 0.3) is 0 Å². The largest absolute Gasteiger partial charge is 0.490 e. The Balaban J connectivity index is 1.97. The average molecular weight is 427 g/mol. The Morgan fingerprint density at radius 3 is 2.88 bits per heavy atom. The first-order valence-electron chi connectivity index (χ1n) is 8.57. The van der Waals surface area contributed by atoms with Gasteiger partial charge in [0.05, 0.1) is 30.5 Å². The SMILES string of the molecule is C=CCOc1c(Br)cc(/C=N\NC(=O)C[NH+]2CCOCC2)cc1OCC. The van der Waals surface area contributed by atoms with E-state index in [0.717, 1.165) is 23.1 Å². The Bertz CT molecular complexity index is 646. The van der Waals surface area contributed by atoms with Gasteiger partial charge in [0, 0.05) is 0 Å². The molecule has 0 spiro atoms. The van der Waals surface area contributed by atoms with Crippen LogP contribution in [0.15, 0.2) is 34.4 Å². The molecule has 0 aromatic heterocycles. The Hall–Kier alpha value is -1.90. The number of hydrogen-bond donors (Lipinski definition) is 2. The lowest BCUT2D eigenvalue weighted by molar-refractivity contribution is -0.900. The van der Waals surface area contributed by atoms with Crippen molar-refractivity contribution in [3.05, 3.63) is 34.8 Å². The molecule has 0 atom stereocenters. The molecule has 1 aromatic carbocycles. The van der Waals surface area contributed by atoms with Gasteiger partial charge in [0.2, 0.25) is 0 Å². The van der Waals surface area contributed by atoms with Gasteiger partial charge in [-0.2, -0.15) is 5.10 Å². The summed E-state index contributed by atoms with van der Waals surface area (Å²) in [4.78, 5) is 13.2. The highest BCUT2D eigenvalue weighted by molar-refractivity contribution is 9.10. The van der Waals surface area contributed by atoms with Crippen LogP contribution < -0.4 is 19.8 Å². The lowest BCUT2D eigenvalue weighted by Gasteiger charge is -2.22. The maximum atomic E-state index is 12.0. The lowest BCUT2D eigenvalue weighted by atomic mass is 10.2. The molecule has 1 amide bonds. The van der Waals surface area contributed by atoms with E-state index in [4.69, 9.17) is 14.2 Å². The fourth-order valence-corrected chi connectivity index (χ4v) is 3.06. The highest BCUT2D eigenvalue weighted by Gasteiger charge is 2.17. The van der Waals surface area contributed by atoms with E-state index in [-0.39, 0.29) is 5.91 Å². The fourth-order valence-electron chi connectivity index (χ4n) is 2.49. The first-order valence-corrected chi connectivity index (χ1v) is 9.36. The maximum absolute atomic E-state index is 12.0.